The van der Waals surface area contributed by atoms with Crippen molar-refractivity contribution in [1.29, 1.82) is 0 Å². The van der Waals surface area contributed by atoms with Gasteiger partial charge in [-0.25, -0.2) is 0 Å². The minimum Gasteiger partial charge on any atom is -0.307 e. The monoisotopic (exact) mass is 315 g/mol. The summed E-state index contributed by atoms with van der Waals surface area (Å²) in [5.74, 6) is 0. The van der Waals surface area contributed by atoms with Gasteiger partial charge in [-0.15, -0.1) is 0 Å². The predicted octanol–water partition coefficient (Wildman–Crippen LogP) is 6.22. The molecule has 0 aliphatic rings. The molecule has 1 aromatic rings. The third kappa shape index (κ3) is 6.03. The molecule has 1 rings (SSSR count). The van der Waals surface area contributed by atoms with E-state index in [-0.39, 0.29) is 5.54 Å². The van der Waals surface area contributed by atoms with Crippen LogP contribution in [0.5, 0.6) is 0 Å². The van der Waals surface area contributed by atoms with E-state index < -0.39 is 0 Å². The maximum absolute atomic E-state index is 6.07. The van der Waals surface area contributed by atoms with Gasteiger partial charge < -0.3 is 5.32 Å². The quantitative estimate of drug-likeness (QED) is 0.570. The molecular formula is C17H27Cl2N. The van der Waals surface area contributed by atoms with E-state index in [0.29, 0.717) is 10.0 Å². The summed E-state index contributed by atoms with van der Waals surface area (Å²) in [6.07, 6.45) is 7.49. The number of benzene rings is 1. The van der Waals surface area contributed by atoms with Crippen molar-refractivity contribution in [1.82, 2.24) is 5.32 Å². The number of hydrogen-bond donors (Lipinski definition) is 1. The van der Waals surface area contributed by atoms with Crippen LogP contribution >= 0.6 is 23.2 Å². The first-order chi connectivity index (χ1) is 9.50. The van der Waals surface area contributed by atoms with Crippen LogP contribution in [0.3, 0.4) is 0 Å². The van der Waals surface area contributed by atoms with Gasteiger partial charge >= 0.3 is 0 Å². The maximum atomic E-state index is 6.07. The Bertz CT molecular complexity index is 396. The second-order valence-electron chi connectivity index (χ2n) is 5.87. The van der Waals surface area contributed by atoms with Crippen molar-refractivity contribution >= 4 is 23.2 Å². The molecule has 0 aliphatic carbocycles. The van der Waals surface area contributed by atoms with Crippen LogP contribution in [0.15, 0.2) is 18.2 Å². The molecule has 0 aromatic heterocycles. The summed E-state index contributed by atoms with van der Waals surface area (Å²) in [4.78, 5) is 0. The van der Waals surface area contributed by atoms with Crippen LogP contribution in [0.25, 0.3) is 0 Å². The van der Waals surface area contributed by atoms with Crippen molar-refractivity contribution in [2.45, 2.75) is 71.4 Å². The second kappa shape index (κ2) is 8.92. The third-order valence-electron chi connectivity index (χ3n) is 3.87. The van der Waals surface area contributed by atoms with E-state index in [1.54, 1.807) is 0 Å². The molecule has 0 spiro atoms. The van der Waals surface area contributed by atoms with Crippen LogP contribution < -0.4 is 5.32 Å². The van der Waals surface area contributed by atoms with E-state index in [1.165, 1.54) is 44.1 Å². The average molecular weight is 316 g/mol. The molecular weight excluding hydrogens is 289 g/mol. The molecule has 0 aliphatic heterocycles. The van der Waals surface area contributed by atoms with Gasteiger partial charge in [-0.1, -0.05) is 68.8 Å². The zero-order valence-electron chi connectivity index (χ0n) is 12.9. The lowest BCUT2D eigenvalue weighted by Crippen LogP contribution is -2.41. The molecule has 0 bridgehead atoms. The van der Waals surface area contributed by atoms with Gasteiger partial charge in [0, 0.05) is 12.1 Å². The highest BCUT2D eigenvalue weighted by atomic mass is 35.5. The number of halogens is 2. The van der Waals surface area contributed by atoms with Crippen LogP contribution in [0.1, 0.15) is 64.9 Å². The van der Waals surface area contributed by atoms with Crippen molar-refractivity contribution < 1.29 is 0 Å². The van der Waals surface area contributed by atoms with E-state index in [2.05, 4.69) is 26.1 Å². The number of nitrogens with one attached hydrogen (secondary N) is 1. The Labute approximate surface area is 134 Å². The van der Waals surface area contributed by atoms with E-state index in [4.69, 9.17) is 23.2 Å². The van der Waals surface area contributed by atoms with E-state index in [1.807, 2.05) is 18.2 Å². The highest BCUT2D eigenvalue weighted by Gasteiger charge is 2.22. The van der Waals surface area contributed by atoms with Crippen molar-refractivity contribution in [3.63, 3.8) is 0 Å². The molecule has 114 valence electrons. The minimum atomic E-state index is 0.220. The predicted molar refractivity (Wildman–Crippen MR) is 90.8 cm³/mol. The summed E-state index contributed by atoms with van der Waals surface area (Å²) >= 11 is 12.0. The van der Waals surface area contributed by atoms with Crippen molar-refractivity contribution in [3.8, 4) is 0 Å². The molecule has 0 fully saturated rings. The summed E-state index contributed by atoms with van der Waals surface area (Å²) in [7, 11) is 0. The lowest BCUT2D eigenvalue weighted by atomic mass is 9.89. The number of unbranched alkanes of at least 4 members (excludes halogenated alkanes) is 2. The average Bonchev–Trinajstić information content (AvgIpc) is 2.44. The SMILES string of the molecule is CCCCC(C)(CCCC)NCc1ccc(Cl)c(Cl)c1. The van der Waals surface area contributed by atoms with Crippen LogP contribution in [-0.2, 0) is 6.54 Å². The van der Waals surface area contributed by atoms with Crippen molar-refractivity contribution in [2.75, 3.05) is 0 Å². The Hall–Kier alpha value is -0.240. The molecule has 0 amide bonds. The van der Waals surface area contributed by atoms with Gasteiger partial charge in [0.1, 0.15) is 0 Å². The molecule has 0 unspecified atom stereocenters. The highest BCUT2D eigenvalue weighted by Crippen LogP contribution is 2.25. The van der Waals surface area contributed by atoms with Gasteiger partial charge in [0.2, 0.25) is 0 Å². The van der Waals surface area contributed by atoms with E-state index >= 15 is 0 Å². The van der Waals surface area contributed by atoms with Gasteiger partial charge in [-0.05, 0) is 37.5 Å². The Kier molecular flexibility index (Phi) is 7.94. The van der Waals surface area contributed by atoms with Gasteiger partial charge in [0.05, 0.1) is 10.0 Å². The van der Waals surface area contributed by atoms with E-state index in [9.17, 15) is 0 Å². The number of hydrogen-bond acceptors (Lipinski definition) is 1. The molecule has 1 aromatic carbocycles. The van der Waals surface area contributed by atoms with Gasteiger partial charge in [0.15, 0.2) is 0 Å². The molecule has 0 saturated heterocycles. The smallest absolute Gasteiger partial charge is 0.0595 e. The molecule has 0 atom stereocenters. The van der Waals surface area contributed by atoms with Crippen LogP contribution in [-0.4, -0.2) is 5.54 Å². The first-order valence-corrected chi connectivity index (χ1v) is 8.45. The van der Waals surface area contributed by atoms with Gasteiger partial charge in [-0.3, -0.25) is 0 Å². The molecule has 20 heavy (non-hydrogen) atoms. The Morgan fingerprint density at radius 1 is 1.00 bits per heavy atom. The zero-order valence-corrected chi connectivity index (χ0v) is 14.4. The third-order valence-corrected chi connectivity index (χ3v) is 4.61. The Morgan fingerprint density at radius 3 is 2.10 bits per heavy atom. The normalized spacial score (nSPS) is 11.8. The fraction of sp³-hybridized carbons (Fsp3) is 0.647. The summed E-state index contributed by atoms with van der Waals surface area (Å²) < 4.78 is 0. The molecule has 0 saturated carbocycles. The molecule has 3 heteroatoms. The lowest BCUT2D eigenvalue weighted by molar-refractivity contribution is 0.290. The fourth-order valence-corrected chi connectivity index (χ4v) is 2.72. The van der Waals surface area contributed by atoms with Crippen molar-refractivity contribution in [3.05, 3.63) is 33.8 Å². The summed E-state index contributed by atoms with van der Waals surface area (Å²) in [5, 5.41) is 4.98. The summed E-state index contributed by atoms with van der Waals surface area (Å²) in [6.45, 7) is 7.69. The second-order valence-corrected chi connectivity index (χ2v) is 6.68. The fourth-order valence-electron chi connectivity index (χ4n) is 2.40. The summed E-state index contributed by atoms with van der Waals surface area (Å²) in [5.41, 5.74) is 1.41. The van der Waals surface area contributed by atoms with Gasteiger partial charge in [0.25, 0.3) is 0 Å². The molecule has 0 heterocycles. The van der Waals surface area contributed by atoms with Gasteiger partial charge in [-0.2, -0.15) is 0 Å². The van der Waals surface area contributed by atoms with Crippen molar-refractivity contribution in [2.24, 2.45) is 0 Å². The maximum Gasteiger partial charge on any atom is 0.0595 e. The highest BCUT2D eigenvalue weighted by molar-refractivity contribution is 6.42. The lowest BCUT2D eigenvalue weighted by Gasteiger charge is -2.31. The zero-order chi connectivity index (χ0) is 15.0. The molecule has 1 nitrogen and oxygen atoms in total. The largest absolute Gasteiger partial charge is 0.307 e. The number of rotatable bonds is 9. The molecule has 0 radical (unpaired) electrons. The van der Waals surface area contributed by atoms with Crippen LogP contribution in [0.4, 0.5) is 0 Å². The standard InChI is InChI=1S/C17H27Cl2N/c1-4-6-10-17(3,11-7-5-2)20-13-14-8-9-15(18)16(19)12-14/h8-9,12,20H,4-7,10-11,13H2,1-3H3. The van der Waals surface area contributed by atoms with Crippen LogP contribution in [0.2, 0.25) is 10.0 Å². The summed E-state index contributed by atoms with van der Waals surface area (Å²) in [6, 6.07) is 5.87. The Balaban J connectivity index is 2.62. The molecule has 1 N–H and O–H groups in total. The topological polar surface area (TPSA) is 12.0 Å². The van der Waals surface area contributed by atoms with Crippen LogP contribution in [0, 0.1) is 0 Å². The minimum absolute atomic E-state index is 0.220. The Morgan fingerprint density at radius 2 is 1.60 bits per heavy atom. The first kappa shape index (κ1) is 17.8. The van der Waals surface area contributed by atoms with E-state index in [0.717, 1.165) is 6.54 Å². The first-order valence-electron chi connectivity index (χ1n) is 7.69.